The minimum atomic E-state index is -0.907. The van der Waals surface area contributed by atoms with Gasteiger partial charge in [0, 0.05) is 10.0 Å². The van der Waals surface area contributed by atoms with Gasteiger partial charge in [-0.15, -0.1) is 0 Å². The maximum atomic E-state index is 11.1. The van der Waals surface area contributed by atoms with E-state index in [-0.39, 0.29) is 6.61 Å². The van der Waals surface area contributed by atoms with Crippen molar-refractivity contribution in [2.24, 2.45) is 0 Å². The smallest absolute Gasteiger partial charge is 0.317 e. The Labute approximate surface area is 89.8 Å². The average Bonchev–Trinajstić information content (AvgIpc) is 2.45. The van der Waals surface area contributed by atoms with Gasteiger partial charge in [-0.3, -0.25) is 4.79 Å². The van der Waals surface area contributed by atoms with E-state index in [9.17, 15) is 4.79 Å². The van der Waals surface area contributed by atoms with Crippen LogP contribution in [0.5, 0.6) is 5.75 Å². The van der Waals surface area contributed by atoms with Crippen LogP contribution in [0.25, 0.3) is 0 Å². The number of aliphatic carboxylic acids is 1. The zero-order valence-corrected chi connectivity index (χ0v) is 9.17. The lowest BCUT2D eigenvalue weighted by Gasteiger charge is -2.15. The lowest BCUT2D eigenvalue weighted by molar-refractivity contribution is -0.143. The fourth-order valence-electron chi connectivity index (χ4n) is 1.55. The third-order valence-electron chi connectivity index (χ3n) is 2.53. The number of carboxylic acid groups (broad SMARTS) is 1. The lowest BCUT2D eigenvalue weighted by Crippen LogP contribution is -2.33. The average molecular weight is 257 g/mol. The molecule has 0 radical (unpaired) electrons. The van der Waals surface area contributed by atoms with Crippen LogP contribution in [0.2, 0.25) is 0 Å². The Morgan fingerprint density at radius 1 is 1.64 bits per heavy atom. The standard InChI is InChI=1S/C10H9BrO3/c1-10(9(12)13)5-14-8-4-6(11)2-3-7(8)10/h2-4H,5H2,1H3,(H,12,13). The van der Waals surface area contributed by atoms with Crippen LogP contribution >= 0.6 is 15.9 Å². The maximum Gasteiger partial charge on any atom is 0.317 e. The van der Waals surface area contributed by atoms with Crippen molar-refractivity contribution in [3.8, 4) is 5.75 Å². The van der Waals surface area contributed by atoms with Gasteiger partial charge in [-0.2, -0.15) is 0 Å². The summed E-state index contributed by atoms with van der Waals surface area (Å²) < 4.78 is 6.24. The van der Waals surface area contributed by atoms with Crippen LogP contribution in [0.4, 0.5) is 0 Å². The normalized spacial score (nSPS) is 24.1. The number of hydrogen-bond donors (Lipinski definition) is 1. The van der Waals surface area contributed by atoms with Crippen LogP contribution in [0.15, 0.2) is 22.7 Å². The minimum absolute atomic E-state index is 0.202. The molecule has 3 nitrogen and oxygen atoms in total. The summed E-state index contributed by atoms with van der Waals surface area (Å²) in [5.74, 6) is -0.192. The molecule has 0 amide bonds. The number of hydrogen-bond acceptors (Lipinski definition) is 2. The van der Waals surface area contributed by atoms with Crippen molar-refractivity contribution in [2.45, 2.75) is 12.3 Å². The second-order valence-corrected chi connectivity index (χ2v) is 4.48. The molecule has 0 saturated heterocycles. The van der Waals surface area contributed by atoms with Crippen molar-refractivity contribution in [1.82, 2.24) is 0 Å². The van der Waals surface area contributed by atoms with Gasteiger partial charge in [0.15, 0.2) is 0 Å². The van der Waals surface area contributed by atoms with Crippen molar-refractivity contribution in [1.29, 1.82) is 0 Å². The predicted molar refractivity (Wildman–Crippen MR) is 54.6 cm³/mol. The quantitative estimate of drug-likeness (QED) is 0.838. The molecule has 0 saturated carbocycles. The molecule has 0 spiro atoms. The van der Waals surface area contributed by atoms with E-state index in [1.165, 1.54) is 0 Å². The lowest BCUT2D eigenvalue weighted by atomic mass is 9.85. The number of fused-ring (bicyclic) bond motifs is 1. The molecule has 0 fully saturated rings. The zero-order valence-electron chi connectivity index (χ0n) is 7.58. The van der Waals surface area contributed by atoms with Crippen LogP contribution in [0.3, 0.4) is 0 Å². The first-order valence-corrected chi connectivity index (χ1v) is 4.99. The Bertz CT molecular complexity index is 402. The molecule has 1 heterocycles. The molecule has 1 aromatic carbocycles. The first kappa shape index (κ1) is 9.52. The highest BCUT2D eigenvalue weighted by molar-refractivity contribution is 9.10. The van der Waals surface area contributed by atoms with Crippen molar-refractivity contribution in [3.05, 3.63) is 28.2 Å². The van der Waals surface area contributed by atoms with Crippen LogP contribution in [-0.4, -0.2) is 17.7 Å². The van der Waals surface area contributed by atoms with E-state index < -0.39 is 11.4 Å². The number of ether oxygens (including phenoxy) is 1. The SMILES string of the molecule is CC1(C(=O)O)COc2cc(Br)ccc21. The Morgan fingerprint density at radius 2 is 2.36 bits per heavy atom. The second kappa shape index (κ2) is 2.98. The van der Waals surface area contributed by atoms with Gasteiger partial charge >= 0.3 is 5.97 Å². The summed E-state index contributed by atoms with van der Waals surface area (Å²) in [5.41, 5.74) is -0.163. The van der Waals surface area contributed by atoms with E-state index in [4.69, 9.17) is 9.84 Å². The van der Waals surface area contributed by atoms with Crippen LogP contribution in [0.1, 0.15) is 12.5 Å². The third kappa shape index (κ3) is 1.21. The first-order valence-electron chi connectivity index (χ1n) is 4.20. The highest BCUT2D eigenvalue weighted by Crippen LogP contribution is 2.40. The molecular weight excluding hydrogens is 248 g/mol. The monoisotopic (exact) mass is 256 g/mol. The van der Waals surface area contributed by atoms with Crippen molar-refractivity contribution in [2.75, 3.05) is 6.61 Å². The van der Waals surface area contributed by atoms with Gasteiger partial charge in [-0.25, -0.2) is 0 Å². The Balaban J connectivity index is 2.55. The fourth-order valence-corrected chi connectivity index (χ4v) is 1.89. The largest absolute Gasteiger partial charge is 0.492 e. The van der Waals surface area contributed by atoms with Gasteiger partial charge < -0.3 is 9.84 Å². The number of benzene rings is 1. The second-order valence-electron chi connectivity index (χ2n) is 3.57. The van der Waals surface area contributed by atoms with Gasteiger partial charge in [-0.1, -0.05) is 22.0 Å². The van der Waals surface area contributed by atoms with Crippen molar-refractivity contribution < 1.29 is 14.6 Å². The van der Waals surface area contributed by atoms with E-state index in [0.717, 1.165) is 10.0 Å². The van der Waals surface area contributed by atoms with Crippen LogP contribution < -0.4 is 4.74 Å². The molecule has 14 heavy (non-hydrogen) atoms. The zero-order chi connectivity index (χ0) is 10.3. The number of carboxylic acids is 1. The highest BCUT2D eigenvalue weighted by Gasteiger charge is 2.43. The summed E-state index contributed by atoms with van der Waals surface area (Å²) >= 11 is 3.31. The van der Waals surface area contributed by atoms with Crippen LogP contribution in [0, 0.1) is 0 Å². The number of rotatable bonds is 1. The molecule has 74 valence electrons. The third-order valence-corrected chi connectivity index (χ3v) is 3.02. The molecule has 0 aliphatic carbocycles. The first-order chi connectivity index (χ1) is 6.54. The van der Waals surface area contributed by atoms with Gasteiger partial charge in [0.1, 0.15) is 17.8 Å². The van der Waals surface area contributed by atoms with E-state index in [0.29, 0.717) is 5.75 Å². The molecule has 1 aliphatic rings. The summed E-state index contributed by atoms with van der Waals surface area (Å²) in [6, 6.07) is 5.42. The molecule has 1 unspecified atom stereocenters. The maximum absolute atomic E-state index is 11.1. The molecule has 1 atom stereocenters. The predicted octanol–water partition coefficient (Wildman–Crippen LogP) is 2.18. The topological polar surface area (TPSA) is 46.5 Å². The van der Waals surface area contributed by atoms with Crippen molar-refractivity contribution in [3.63, 3.8) is 0 Å². The Morgan fingerprint density at radius 3 is 3.00 bits per heavy atom. The molecule has 4 heteroatoms. The van der Waals surface area contributed by atoms with E-state index in [2.05, 4.69) is 15.9 Å². The summed E-state index contributed by atoms with van der Waals surface area (Å²) in [5, 5.41) is 9.10. The van der Waals surface area contributed by atoms with E-state index >= 15 is 0 Å². The molecule has 2 rings (SSSR count). The Kier molecular flexibility index (Phi) is 2.03. The molecule has 0 bridgehead atoms. The highest BCUT2D eigenvalue weighted by atomic mass is 79.9. The number of carbonyl (C=O) groups is 1. The van der Waals surface area contributed by atoms with Crippen molar-refractivity contribution >= 4 is 21.9 Å². The molecule has 0 aromatic heterocycles. The van der Waals surface area contributed by atoms with E-state index in [1.54, 1.807) is 19.1 Å². The molecular formula is C10H9BrO3. The fraction of sp³-hybridized carbons (Fsp3) is 0.300. The Hall–Kier alpha value is -1.03. The summed E-state index contributed by atoms with van der Waals surface area (Å²) in [6.45, 7) is 1.88. The summed E-state index contributed by atoms with van der Waals surface area (Å²) in [4.78, 5) is 11.1. The minimum Gasteiger partial charge on any atom is -0.492 e. The van der Waals surface area contributed by atoms with Gasteiger partial charge in [0.05, 0.1) is 0 Å². The molecule has 1 aromatic rings. The van der Waals surface area contributed by atoms with Gasteiger partial charge in [0.2, 0.25) is 0 Å². The van der Waals surface area contributed by atoms with Gasteiger partial charge in [0.25, 0.3) is 0 Å². The summed E-state index contributed by atoms with van der Waals surface area (Å²) in [6.07, 6.45) is 0. The molecule has 1 N–H and O–H groups in total. The molecule has 1 aliphatic heterocycles. The van der Waals surface area contributed by atoms with Crippen LogP contribution in [-0.2, 0) is 10.2 Å². The number of halogens is 1. The van der Waals surface area contributed by atoms with E-state index in [1.807, 2.05) is 6.07 Å². The van der Waals surface area contributed by atoms with Gasteiger partial charge in [-0.05, 0) is 19.1 Å². The summed E-state index contributed by atoms with van der Waals surface area (Å²) in [7, 11) is 0.